The van der Waals surface area contributed by atoms with Gasteiger partial charge in [0, 0.05) is 13.3 Å². The summed E-state index contributed by atoms with van der Waals surface area (Å²) in [5.41, 5.74) is -0.0475. The maximum Gasteiger partial charge on any atom is 0.302 e. The van der Waals surface area contributed by atoms with Gasteiger partial charge in [-0.15, -0.1) is 0 Å². The van der Waals surface area contributed by atoms with Crippen molar-refractivity contribution in [3.8, 4) is 0 Å². The molecule has 0 amide bonds. The number of esters is 1. The monoisotopic (exact) mass is 200 g/mol. The minimum absolute atomic E-state index is 0.0475. The summed E-state index contributed by atoms with van der Waals surface area (Å²) in [6, 6.07) is 0. The van der Waals surface area contributed by atoms with Crippen molar-refractivity contribution in [3.05, 3.63) is 0 Å². The molecule has 3 heteroatoms. The summed E-state index contributed by atoms with van der Waals surface area (Å²) in [4.78, 5) is 20.9. The van der Waals surface area contributed by atoms with Crippen LogP contribution in [-0.2, 0) is 14.3 Å². The predicted octanol–water partition coefficient (Wildman–Crippen LogP) is 2.19. The SMILES string of the molecule is CC(=O)OCC(C)(C)CC(C)CC=O. The van der Waals surface area contributed by atoms with E-state index in [1.807, 2.05) is 20.8 Å². The number of hydrogen-bond donors (Lipinski definition) is 0. The topological polar surface area (TPSA) is 43.4 Å². The number of ether oxygens (including phenoxy) is 1. The van der Waals surface area contributed by atoms with Crippen molar-refractivity contribution in [1.29, 1.82) is 0 Å². The van der Waals surface area contributed by atoms with E-state index >= 15 is 0 Å². The Morgan fingerprint density at radius 3 is 2.50 bits per heavy atom. The maximum atomic E-state index is 10.6. The quantitative estimate of drug-likeness (QED) is 0.487. The van der Waals surface area contributed by atoms with Gasteiger partial charge in [0.15, 0.2) is 0 Å². The summed E-state index contributed by atoms with van der Waals surface area (Å²) in [5, 5.41) is 0. The van der Waals surface area contributed by atoms with Gasteiger partial charge in [0.25, 0.3) is 0 Å². The minimum Gasteiger partial charge on any atom is -0.465 e. The van der Waals surface area contributed by atoms with Gasteiger partial charge in [0.05, 0.1) is 6.61 Å². The highest BCUT2D eigenvalue weighted by Gasteiger charge is 2.22. The minimum atomic E-state index is -0.249. The van der Waals surface area contributed by atoms with Gasteiger partial charge in [-0.25, -0.2) is 0 Å². The first-order valence-electron chi connectivity index (χ1n) is 4.94. The molecule has 0 aliphatic carbocycles. The molecular weight excluding hydrogens is 180 g/mol. The zero-order chi connectivity index (χ0) is 11.2. The van der Waals surface area contributed by atoms with Gasteiger partial charge in [-0.2, -0.15) is 0 Å². The molecule has 0 aromatic heterocycles. The Labute approximate surface area is 85.8 Å². The van der Waals surface area contributed by atoms with E-state index in [0.29, 0.717) is 18.9 Å². The van der Waals surface area contributed by atoms with Crippen LogP contribution >= 0.6 is 0 Å². The van der Waals surface area contributed by atoms with Crippen molar-refractivity contribution in [3.63, 3.8) is 0 Å². The zero-order valence-electron chi connectivity index (χ0n) is 9.50. The summed E-state index contributed by atoms with van der Waals surface area (Å²) in [6.07, 6.45) is 2.40. The van der Waals surface area contributed by atoms with Crippen LogP contribution in [0.1, 0.15) is 40.5 Å². The van der Waals surface area contributed by atoms with Crippen molar-refractivity contribution in [2.45, 2.75) is 40.5 Å². The second kappa shape index (κ2) is 5.78. The molecule has 0 heterocycles. The van der Waals surface area contributed by atoms with E-state index in [1.54, 1.807) is 0 Å². The van der Waals surface area contributed by atoms with Crippen molar-refractivity contribution in [2.24, 2.45) is 11.3 Å². The highest BCUT2D eigenvalue weighted by atomic mass is 16.5. The second-order valence-electron chi connectivity index (χ2n) is 4.66. The standard InChI is InChI=1S/C11H20O3/c1-9(5-6-12)7-11(3,4)8-14-10(2)13/h6,9H,5,7-8H2,1-4H3. The lowest BCUT2D eigenvalue weighted by Crippen LogP contribution is -2.23. The van der Waals surface area contributed by atoms with E-state index in [0.717, 1.165) is 12.7 Å². The van der Waals surface area contributed by atoms with E-state index in [4.69, 9.17) is 4.74 Å². The number of carbonyl (C=O) groups excluding carboxylic acids is 2. The molecule has 0 radical (unpaired) electrons. The highest BCUT2D eigenvalue weighted by Crippen LogP contribution is 2.26. The fourth-order valence-electron chi connectivity index (χ4n) is 1.55. The molecule has 1 atom stereocenters. The van der Waals surface area contributed by atoms with Gasteiger partial charge in [-0.3, -0.25) is 4.79 Å². The summed E-state index contributed by atoms with van der Waals surface area (Å²) in [6.45, 7) is 7.94. The van der Waals surface area contributed by atoms with Gasteiger partial charge in [0.2, 0.25) is 0 Å². The van der Waals surface area contributed by atoms with Gasteiger partial charge >= 0.3 is 5.97 Å². The Morgan fingerprint density at radius 2 is 2.07 bits per heavy atom. The third-order valence-electron chi connectivity index (χ3n) is 2.07. The third kappa shape index (κ3) is 6.63. The Bertz CT molecular complexity index is 197. The molecule has 1 unspecified atom stereocenters. The number of carbonyl (C=O) groups is 2. The molecule has 0 fully saturated rings. The molecule has 0 rings (SSSR count). The first-order chi connectivity index (χ1) is 6.37. The first kappa shape index (κ1) is 13.1. The number of rotatable bonds is 6. The average molecular weight is 200 g/mol. The van der Waals surface area contributed by atoms with Crippen LogP contribution in [0.4, 0.5) is 0 Å². The van der Waals surface area contributed by atoms with Gasteiger partial charge < -0.3 is 9.53 Å². The van der Waals surface area contributed by atoms with Crippen LogP contribution < -0.4 is 0 Å². The lowest BCUT2D eigenvalue weighted by molar-refractivity contribution is -0.144. The first-order valence-corrected chi connectivity index (χ1v) is 4.94. The Morgan fingerprint density at radius 1 is 1.50 bits per heavy atom. The fraction of sp³-hybridized carbons (Fsp3) is 0.818. The maximum absolute atomic E-state index is 10.6. The molecule has 0 aliphatic heterocycles. The lowest BCUT2D eigenvalue weighted by atomic mass is 9.83. The molecule has 0 saturated carbocycles. The molecule has 0 saturated heterocycles. The Balaban J connectivity index is 3.92. The molecular formula is C11H20O3. The molecule has 0 spiro atoms. The molecule has 14 heavy (non-hydrogen) atoms. The van der Waals surface area contributed by atoms with Crippen LogP contribution in [0, 0.1) is 11.3 Å². The van der Waals surface area contributed by atoms with Gasteiger partial charge in [-0.1, -0.05) is 20.8 Å². The van der Waals surface area contributed by atoms with Crippen LogP contribution in [-0.4, -0.2) is 18.9 Å². The van der Waals surface area contributed by atoms with Crippen LogP contribution in [0.15, 0.2) is 0 Å². The smallest absolute Gasteiger partial charge is 0.302 e. The van der Waals surface area contributed by atoms with Gasteiger partial charge in [-0.05, 0) is 17.8 Å². The molecule has 0 aromatic carbocycles. The fourth-order valence-corrected chi connectivity index (χ4v) is 1.55. The zero-order valence-corrected chi connectivity index (χ0v) is 9.50. The van der Waals surface area contributed by atoms with Crippen molar-refractivity contribution < 1.29 is 14.3 Å². The molecule has 0 aliphatic rings. The summed E-state index contributed by atoms with van der Waals surface area (Å²) in [7, 11) is 0. The summed E-state index contributed by atoms with van der Waals surface area (Å²) < 4.78 is 4.96. The normalized spacial score (nSPS) is 13.4. The van der Waals surface area contributed by atoms with Crippen molar-refractivity contribution in [1.82, 2.24) is 0 Å². The Kier molecular flexibility index (Phi) is 5.43. The molecule has 0 aromatic rings. The van der Waals surface area contributed by atoms with E-state index in [1.165, 1.54) is 6.92 Å². The average Bonchev–Trinajstić information content (AvgIpc) is 2.00. The molecule has 3 nitrogen and oxygen atoms in total. The van der Waals surface area contributed by atoms with Crippen LogP contribution in [0.2, 0.25) is 0 Å². The second-order valence-corrected chi connectivity index (χ2v) is 4.66. The largest absolute Gasteiger partial charge is 0.465 e. The molecule has 0 bridgehead atoms. The number of hydrogen-bond acceptors (Lipinski definition) is 3. The third-order valence-corrected chi connectivity index (χ3v) is 2.07. The predicted molar refractivity (Wildman–Crippen MR) is 54.9 cm³/mol. The number of aldehydes is 1. The molecule has 0 N–H and O–H groups in total. The van der Waals surface area contributed by atoms with E-state index in [2.05, 4.69) is 0 Å². The van der Waals surface area contributed by atoms with E-state index in [-0.39, 0.29) is 11.4 Å². The van der Waals surface area contributed by atoms with Crippen molar-refractivity contribution in [2.75, 3.05) is 6.61 Å². The highest BCUT2D eigenvalue weighted by molar-refractivity contribution is 5.65. The summed E-state index contributed by atoms with van der Waals surface area (Å²) in [5.74, 6) is 0.0965. The van der Waals surface area contributed by atoms with Gasteiger partial charge in [0.1, 0.15) is 6.29 Å². The van der Waals surface area contributed by atoms with Crippen molar-refractivity contribution >= 4 is 12.3 Å². The Hall–Kier alpha value is -0.860. The lowest BCUT2D eigenvalue weighted by Gasteiger charge is -2.26. The summed E-state index contributed by atoms with van der Waals surface area (Å²) >= 11 is 0. The van der Waals surface area contributed by atoms with E-state index < -0.39 is 0 Å². The van der Waals surface area contributed by atoms with E-state index in [9.17, 15) is 9.59 Å². The molecule has 82 valence electrons. The van der Waals surface area contributed by atoms with Crippen LogP contribution in [0.5, 0.6) is 0 Å². The van der Waals surface area contributed by atoms with Crippen LogP contribution in [0.25, 0.3) is 0 Å². The van der Waals surface area contributed by atoms with Crippen LogP contribution in [0.3, 0.4) is 0 Å².